The second-order valence-electron chi connectivity index (χ2n) is 35.9. The maximum Gasteiger partial charge on any atom is 0.243 e. The Morgan fingerprint density at radius 1 is 0.304 bits per heavy atom. The molecular weight excluding hydrogens is 1800 g/mol. The number of rotatable bonds is 27. The Labute approximate surface area is 810 Å². The molecule has 0 bridgehead atoms. The summed E-state index contributed by atoms with van der Waals surface area (Å²) in [5.41, 5.74) is 19.4. The van der Waals surface area contributed by atoms with E-state index in [1.54, 1.807) is 85.0 Å². The molecule has 0 aliphatic carbocycles. The Bertz CT molecular complexity index is 7140. The van der Waals surface area contributed by atoms with Gasteiger partial charge in [-0.15, -0.1) is 0 Å². The fourth-order valence-electron chi connectivity index (χ4n) is 18.9. The fourth-order valence-corrected chi connectivity index (χ4v) is 24.1. The van der Waals surface area contributed by atoms with Gasteiger partial charge in [-0.3, -0.25) is 4.98 Å². The van der Waals surface area contributed by atoms with Crippen LogP contribution in [-0.2, 0) is 118 Å². The van der Waals surface area contributed by atoms with Crippen LogP contribution in [0.2, 0.25) is 0 Å². The molecule has 5 aromatic heterocycles. The van der Waals surface area contributed by atoms with Crippen molar-refractivity contribution in [2.75, 3.05) is 52.0 Å². The molecule has 0 fully saturated rings. The molecule has 16 aromatic rings. The van der Waals surface area contributed by atoms with Crippen molar-refractivity contribution in [1.82, 2.24) is 62.1 Å². The first-order valence-electron chi connectivity index (χ1n) is 46.9. The summed E-state index contributed by atoms with van der Waals surface area (Å²) in [5, 5.41) is 1.77. The molecule has 9 heterocycles. The van der Waals surface area contributed by atoms with Crippen LogP contribution in [0.3, 0.4) is 0 Å². The zero-order chi connectivity index (χ0) is 95.6. The number of nitrogens with zero attached hydrogens (tertiary/aromatic N) is 13. The van der Waals surface area contributed by atoms with E-state index in [1.807, 2.05) is 215 Å². The molecule has 25 nitrogen and oxygen atoms in total. The van der Waals surface area contributed by atoms with Crippen LogP contribution in [0.25, 0.3) is 10.8 Å². The summed E-state index contributed by atoms with van der Waals surface area (Å²) >= 11 is 0. The molecule has 0 amide bonds. The molecule has 0 radical (unpaired) electrons. The minimum Gasteiger partial charge on any atom is -0.361 e. The maximum absolute atomic E-state index is 14.1. The lowest BCUT2D eigenvalue weighted by Crippen LogP contribution is -2.43. The number of pyridine rings is 1. The first kappa shape index (κ1) is 96.2. The van der Waals surface area contributed by atoms with Crippen LogP contribution < -0.4 is 19.6 Å². The normalized spacial score (nSPS) is 16.7. The molecule has 4 atom stereocenters. The van der Waals surface area contributed by atoms with Crippen LogP contribution in [0.4, 0.5) is 22.7 Å². The predicted molar refractivity (Wildman–Crippen MR) is 546 cm³/mol. The van der Waals surface area contributed by atoms with Crippen molar-refractivity contribution < 1.29 is 33.7 Å². The number of anilines is 4. The van der Waals surface area contributed by atoms with Crippen LogP contribution >= 0.6 is 0 Å². The average molecular weight is 1920 g/mol. The summed E-state index contributed by atoms with van der Waals surface area (Å²) in [6.07, 6.45) is 24.0. The third-order valence-corrected chi connectivity index (χ3v) is 32.9. The number of para-hydroxylation sites is 4. The highest BCUT2D eigenvalue weighted by molar-refractivity contribution is 7.89. The Hall–Kier alpha value is -13.5. The van der Waals surface area contributed by atoms with E-state index >= 15 is 0 Å². The van der Waals surface area contributed by atoms with Gasteiger partial charge in [0.2, 0.25) is 40.1 Å². The SMILES string of the molecule is CS(=O)(=O)N1Cc2ccccc2N(Cc2cnc[nH]2)C(CCc2ccccc2)C1.Cc1ccc(S(=O)(=O)N2Cc3ccccc3N(Cc3cnc(C)[nH]3)C(CCc3ccccc3)C2)cc1.Cc1ccc(S(=O)(=O)N2Cc3ccccc3N(Cc3cnc[nH]3)C(CCc3ccccc3)C2)cc1.O=S(=O)(c1ccc2cnccc2c1)N1Cc2ccccc2N(Cc2cnc[nH]2)C(CCc2ccccc2)C1. The van der Waals surface area contributed by atoms with Gasteiger partial charge in [-0.2, -0.15) is 17.2 Å². The molecule has 20 rings (SSSR count). The van der Waals surface area contributed by atoms with Crippen molar-refractivity contribution >= 4 is 73.6 Å². The third kappa shape index (κ3) is 24.0. The molecule has 0 saturated heterocycles. The minimum atomic E-state index is -3.75. The number of hydrogen-bond acceptors (Lipinski definition) is 17. The molecule has 138 heavy (non-hydrogen) atoms. The van der Waals surface area contributed by atoms with E-state index < -0.39 is 40.1 Å². The van der Waals surface area contributed by atoms with Gasteiger partial charge in [0.25, 0.3) is 0 Å². The van der Waals surface area contributed by atoms with Crippen LogP contribution in [0, 0.1) is 20.8 Å². The second-order valence-corrected chi connectivity index (χ2v) is 43.7. The quantitative estimate of drug-likeness (QED) is 0.0372. The zero-order valence-electron chi connectivity index (χ0n) is 78.1. The van der Waals surface area contributed by atoms with E-state index in [9.17, 15) is 33.7 Å². The number of aryl methyl sites for hydroxylation is 7. The van der Waals surface area contributed by atoms with E-state index in [2.05, 4.69) is 149 Å². The molecule has 11 aromatic carbocycles. The number of aromatic amines is 4. The van der Waals surface area contributed by atoms with E-state index in [1.165, 1.54) is 28.5 Å². The number of fused-ring (bicyclic) bond motifs is 5. The van der Waals surface area contributed by atoms with Crippen molar-refractivity contribution in [1.29, 1.82) is 0 Å². The van der Waals surface area contributed by atoms with Crippen LogP contribution in [0.15, 0.2) is 362 Å². The van der Waals surface area contributed by atoms with Gasteiger partial charge in [-0.25, -0.2) is 53.6 Å². The van der Waals surface area contributed by atoms with Crippen LogP contribution in [0.1, 0.15) is 110 Å². The molecule has 4 aliphatic heterocycles. The van der Waals surface area contributed by atoms with Crippen LogP contribution in [0.5, 0.6) is 0 Å². The van der Waals surface area contributed by atoms with Gasteiger partial charge in [-0.05, 0) is 189 Å². The second kappa shape index (κ2) is 44.3. The number of imidazole rings is 4. The van der Waals surface area contributed by atoms with Gasteiger partial charge >= 0.3 is 0 Å². The first-order valence-corrected chi connectivity index (χ1v) is 53.0. The number of nitrogens with one attached hydrogen (secondary N) is 4. The van der Waals surface area contributed by atoms with Crippen LogP contribution in [-0.4, -0.2) is 152 Å². The largest absolute Gasteiger partial charge is 0.361 e. The van der Waals surface area contributed by atoms with Gasteiger partial charge in [0.1, 0.15) is 5.82 Å². The zero-order valence-corrected chi connectivity index (χ0v) is 81.3. The molecule has 0 saturated carbocycles. The maximum atomic E-state index is 14.1. The predicted octanol–water partition coefficient (Wildman–Crippen LogP) is 18.5. The van der Waals surface area contributed by atoms with Gasteiger partial charge in [0.15, 0.2) is 0 Å². The highest BCUT2D eigenvalue weighted by Crippen LogP contribution is 2.40. The first-order chi connectivity index (χ1) is 67.0. The molecular formula is C109H117N17O8S4. The van der Waals surface area contributed by atoms with Crippen molar-refractivity contribution in [3.63, 3.8) is 0 Å². The van der Waals surface area contributed by atoms with Gasteiger partial charge in [-0.1, -0.05) is 236 Å². The Balaban J connectivity index is 0.000000128. The lowest BCUT2D eigenvalue weighted by atomic mass is 10.0. The van der Waals surface area contributed by atoms with Gasteiger partial charge in [0, 0.05) is 136 Å². The van der Waals surface area contributed by atoms with E-state index in [-0.39, 0.29) is 24.2 Å². The minimum absolute atomic E-state index is 0.0117. The molecule has 4 aliphatic rings. The third-order valence-electron chi connectivity index (χ3n) is 26.3. The Morgan fingerprint density at radius 2 is 0.609 bits per heavy atom. The molecule has 4 unspecified atom stereocenters. The Kier molecular flexibility index (Phi) is 30.9. The highest BCUT2D eigenvalue weighted by atomic mass is 32.2. The summed E-state index contributed by atoms with van der Waals surface area (Å²) in [6, 6.07) is 95.4. The fraction of sp³-hybridized carbons (Fsp3) is 0.257. The van der Waals surface area contributed by atoms with Crippen molar-refractivity contribution in [3.8, 4) is 0 Å². The van der Waals surface area contributed by atoms with Crippen molar-refractivity contribution in [2.45, 2.75) is 163 Å². The molecule has 29 heteroatoms. The topological polar surface area (TPSA) is 290 Å². The number of aromatic nitrogens is 9. The van der Waals surface area contributed by atoms with Crippen molar-refractivity contribution in [3.05, 3.63) is 432 Å². The Morgan fingerprint density at radius 3 is 0.928 bits per heavy atom. The van der Waals surface area contributed by atoms with Gasteiger partial charge < -0.3 is 39.5 Å². The van der Waals surface area contributed by atoms with E-state index in [0.29, 0.717) is 93.2 Å². The smallest absolute Gasteiger partial charge is 0.243 e. The molecule has 0 spiro atoms. The molecule has 4 N–H and O–H groups in total. The number of sulfonamides is 4. The standard InChI is InChI=1S/C30H29N5O2S.C29H32N4O2S.C28H30N4O2S.C22H26N4O2S/c36-38(37,29-13-11-25-17-31-15-14-24(25)16-29)34-19-26-8-4-5-9-30(26)35(20-27-18-32-22-33-27)28(21-34)12-10-23-6-2-1-3-7-23;1-22-12-16-28(17-13-22)36(34,35)32-19-25-10-6-7-11-29(25)33(20-26-18-30-23(2)31-26)27(21-32)15-14-24-8-4-3-5-9-24;1-22-11-15-27(16-12-22)35(33,34)31-18-24-9-5-6-10-28(24)32(19-25-17-29-21-30-25)26(20-31)14-13-23-7-3-2-4-8-23;1-29(27,28)25-14-19-9-5-6-10-22(19)26(15-20-13-23-17-24-20)21(16-25)12-11-18-7-3-2-4-8-18/h1-9,11,13-18,22,28H,10,12,19-21H2,(H,32,33);3-13,16-18,27H,14-15,19-21H2,1-2H3,(H,30,31);2-12,15-17,21,26H,13-14,18-20H2,1H3,(H,29,30);2-10,13,17,21H,11-12,14-16H2,1H3,(H,23,24). The summed E-state index contributed by atoms with van der Waals surface area (Å²) < 4.78 is 115. The van der Waals surface area contributed by atoms with Gasteiger partial charge in [0.05, 0.1) is 95.1 Å². The summed E-state index contributed by atoms with van der Waals surface area (Å²) in [7, 11) is -14.4. The highest BCUT2D eigenvalue weighted by Gasteiger charge is 2.40. The number of benzene rings is 11. The van der Waals surface area contributed by atoms with Crippen molar-refractivity contribution in [2.24, 2.45) is 0 Å². The summed E-state index contributed by atoms with van der Waals surface area (Å²) in [6.45, 7) is 11.5. The summed E-state index contributed by atoms with van der Waals surface area (Å²) in [5.74, 6) is 0.873. The lowest BCUT2D eigenvalue weighted by Gasteiger charge is -2.34. The van der Waals surface area contributed by atoms with E-state index in [0.717, 1.165) is 147 Å². The monoisotopic (exact) mass is 1920 g/mol. The van der Waals surface area contributed by atoms with E-state index in [4.69, 9.17) is 0 Å². The number of hydrogen-bond donors (Lipinski definition) is 4. The summed E-state index contributed by atoms with van der Waals surface area (Å²) in [4.78, 5) is 44.4. The number of H-pyrrole nitrogens is 4. The average Bonchev–Trinajstić information content (AvgIpc) is 1.58. The lowest BCUT2D eigenvalue weighted by molar-refractivity contribution is 0.370. The molecule has 710 valence electrons.